The number of carbonyl (C=O) groups is 2. The highest BCUT2D eigenvalue weighted by molar-refractivity contribution is 5.76. The molecule has 0 aliphatic rings. The average molecular weight is 172 g/mol. The Kier molecular flexibility index (Phi) is 7.33. The molecule has 0 aromatic rings. The summed E-state index contributed by atoms with van der Waals surface area (Å²) in [6.07, 6.45) is 3.90. The van der Waals surface area contributed by atoms with Crippen molar-refractivity contribution in [3.05, 3.63) is 0 Å². The van der Waals surface area contributed by atoms with Crippen molar-refractivity contribution in [2.75, 3.05) is 13.1 Å². The van der Waals surface area contributed by atoms with E-state index in [1.165, 1.54) is 0 Å². The molecule has 0 aliphatic carbocycles. The van der Waals surface area contributed by atoms with Crippen molar-refractivity contribution in [3.8, 4) is 0 Å². The van der Waals surface area contributed by atoms with Gasteiger partial charge in [-0.05, 0) is 6.42 Å². The molecule has 2 N–H and O–H groups in total. The highest BCUT2D eigenvalue weighted by Crippen LogP contribution is 1.90. The Morgan fingerprint density at radius 3 is 2.67 bits per heavy atom. The Morgan fingerprint density at radius 2 is 2.08 bits per heavy atom. The molecule has 0 aliphatic heterocycles. The molecule has 0 unspecified atom stereocenters. The first kappa shape index (κ1) is 10.9. The lowest BCUT2D eigenvalue weighted by Crippen LogP contribution is -2.36. The van der Waals surface area contributed by atoms with Crippen LogP contribution in [0.5, 0.6) is 0 Å². The van der Waals surface area contributed by atoms with Gasteiger partial charge in [0.2, 0.25) is 0 Å². The van der Waals surface area contributed by atoms with Gasteiger partial charge in [0, 0.05) is 6.54 Å². The third-order valence-corrected chi connectivity index (χ3v) is 1.41. The summed E-state index contributed by atoms with van der Waals surface area (Å²) in [5.74, 6) is 0. The molecular formula is C8H16N2O2. The second-order valence-electron chi connectivity index (χ2n) is 2.51. The molecule has 12 heavy (non-hydrogen) atoms. The summed E-state index contributed by atoms with van der Waals surface area (Å²) in [6, 6.07) is -0.266. The summed E-state index contributed by atoms with van der Waals surface area (Å²) in [5, 5.41) is 5.03. The van der Waals surface area contributed by atoms with Crippen LogP contribution in [0.15, 0.2) is 0 Å². The number of hydrogen-bond donors (Lipinski definition) is 2. The van der Waals surface area contributed by atoms with Gasteiger partial charge in [0.15, 0.2) is 0 Å². The number of carbonyl (C=O) groups excluding carboxylic acids is 2. The van der Waals surface area contributed by atoms with E-state index in [0.717, 1.165) is 19.3 Å². The summed E-state index contributed by atoms with van der Waals surface area (Å²) in [5.41, 5.74) is 0. The predicted molar refractivity (Wildman–Crippen MR) is 47.0 cm³/mol. The number of rotatable bonds is 6. The van der Waals surface area contributed by atoms with E-state index in [-0.39, 0.29) is 12.6 Å². The zero-order valence-electron chi connectivity index (χ0n) is 7.43. The van der Waals surface area contributed by atoms with Crippen LogP contribution in [0, 0.1) is 0 Å². The number of nitrogens with one attached hydrogen (secondary N) is 2. The van der Waals surface area contributed by atoms with E-state index in [0.29, 0.717) is 12.8 Å². The van der Waals surface area contributed by atoms with E-state index >= 15 is 0 Å². The zero-order chi connectivity index (χ0) is 9.23. The van der Waals surface area contributed by atoms with Crippen LogP contribution in [-0.4, -0.2) is 25.4 Å². The number of amides is 2. The number of hydrogen-bond acceptors (Lipinski definition) is 2. The van der Waals surface area contributed by atoms with Crippen LogP contribution in [0.3, 0.4) is 0 Å². The number of aldehydes is 1. The minimum atomic E-state index is -0.266. The molecule has 0 radical (unpaired) electrons. The van der Waals surface area contributed by atoms with Crippen molar-refractivity contribution < 1.29 is 9.59 Å². The minimum Gasteiger partial charge on any atom is -0.338 e. The first-order chi connectivity index (χ1) is 5.81. The molecule has 0 aromatic carbocycles. The summed E-state index contributed by atoms with van der Waals surface area (Å²) >= 11 is 0. The molecule has 0 saturated heterocycles. The quantitative estimate of drug-likeness (QED) is 0.457. The van der Waals surface area contributed by atoms with Crippen LogP contribution >= 0.6 is 0 Å². The Balaban J connectivity index is 3.13. The third kappa shape index (κ3) is 7.05. The first-order valence-electron chi connectivity index (χ1n) is 4.26. The van der Waals surface area contributed by atoms with Gasteiger partial charge in [0.1, 0.15) is 6.29 Å². The molecule has 0 atom stereocenters. The van der Waals surface area contributed by atoms with Gasteiger partial charge in [-0.1, -0.05) is 19.8 Å². The molecule has 4 nitrogen and oxygen atoms in total. The van der Waals surface area contributed by atoms with Gasteiger partial charge in [0.05, 0.1) is 6.54 Å². The van der Waals surface area contributed by atoms with Crippen molar-refractivity contribution in [2.24, 2.45) is 0 Å². The summed E-state index contributed by atoms with van der Waals surface area (Å²) in [7, 11) is 0. The van der Waals surface area contributed by atoms with E-state index in [1.54, 1.807) is 0 Å². The van der Waals surface area contributed by atoms with Crippen LogP contribution < -0.4 is 10.6 Å². The predicted octanol–water partition coefficient (Wildman–Crippen LogP) is 0.675. The second kappa shape index (κ2) is 8.04. The lowest BCUT2D eigenvalue weighted by molar-refractivity contribution is -0.107. The Hall–Kier alpha value is -1.06. The number of unbranched alkanes of at least 4 members (excludes halogenated alkanes) is 2. The average Bonchev–Trinajstić information content (AvgIpc) is 2.09. The topological polar surface area (TPSA) is 58.2 Å². The zero-order valence-corrected chi connectivity index (χ0v) is 7.43. The fourth-order valence-electron chi connectivity index (χ4n) is 0.774. The molecule has 0 heterocycles. The van der Waals surface area contributed by atoms with Gasteiger partial charge >= 0.3 is 6.03 Å². The maximum Gasteiger partial charge on any atom is 0.315 e. The normalized spacial score (nSPS) is 9.08. The summed E-state index contributed by atoms with van der Waals surface area (Å²) < 4.78 is 0. The first-order valence-corrected chi connectivity index (χ1v) is 4.26. The van der Waals surface area contributed by atoms with Gasteiger partial charge in [-0.15, -0.1) is 0 Å². The van der Waals surface area contributed by atoms with Crippen molar-refractivity contribution in [2.45, 2.75) is 26.2 Å². The maximum atomic E-state index is 10.8. The monoisotopic (exact) mass is 172 g/mol. The van der Waals surface area contributed by atoms with E-state index < -0.39 is 0 Å². The highest BCUT2D eigenvalue weighted by Gasteiger charge is 1.95. The Morgan fingerprint density at radius 1 is 1.33 bits per heavy atom. The third-order valence-electron chi connectivity index (χ3n) is 1.41. The van der Waals surface area contributed by atoms with Crippen LogP contribution in [0.2, 0.25) is 0 Å². The summed E-state index contributed by atoms with van der Waals surface area (Å²) in [4.78, 5) is 20.6. The van der Waals surface area contributed by atoms with Gasteiger partial charge in [-0.25, -0.2) is 4.79 Å². The van der Waals surface area contributed by atoms with Crippen LogP contribution in [0.4, 0.5) is 4.79 Å². The minimum absolute atomic E-state index is 0.0829. The molecule has 0 rings (SSSR count). The molecule has 0 fully saturated rings. The van der Waals surface area contributed by atoms with Crippen LogP contribution in [-0.2, 0) is 4.79 Å². The van der Waals surface area contributed by atoms with E-state index in [9.17, 15) is 9.59 Å². The fraction of sp³-hybridized carbons (Fsp3) is 0.750. The number of urea groups is 1. The maximum absolute atomic E-state index is 10.8. The van der Waals surface area contributed by atoms with Crippen molar-refractivity contribution in [3.63, 3.8) is 0 Å². The molecular weight excluding hydrogens is 156 g/mol. The molecule has 70 valence electrons. The van der Waals surface area contributed by atoms with Gasteiger partial charge in [-0.3, -0.25) is 0 Å². The standard InChI is InChI=1S/C8H16N2O2/c1-2-3-4-5-9-8(12)10-6-7-11/h7H,2-6H2,1H3,(H2,9,10,12). The largest absolute Gasteiger partial charge is 0.338 e. The lowest BCUT2D eigenvalue weighted by atomic mass is 10.2. The lowest BCUT2D eigenvalue weighted by Gasteiger charge is -2.03. The van der Waals surface area contributed by atoms with Gasteiger partial charge in [0.25, 0.3) is 0 Å². The van der Waals surface area contributed by atoms with Crippen LogP contribution in [0.25, 0.3) is 0 Å². The SMILES string of the molecule is CCCCCNC(=O)NCC=O. The summed E-state index contributed by atoms with van der Waals surface area (Å²) in [6.45, 7) is 2.87. The molecule has 0 saturated carbocycles. The fourth-order valence-corrected chi connectivity index (χ4v) is 0.774. The van der Waals surface area contributed by atoms with Crippen molar-refractivity contribution in [1.29, 1.82) is 0 Å². The van der Waals surface area contributed by atoms with Gasteiger partial charge < -0.3 is 15.4 Å². The van der Waals surface area contributed by atoms with E-state index in [1.807, 2.05) is 0 Å². The Labute approximate surface area is 72.7 Å². The van der Waals surface area contributed by atoms with E-state index in [4.69, 9.17) is 0 Å². The van der Waals surface area contributed by atoms with Gasteiger partial charge in [-0.2, -0.15) is 0 Å². The molecule has 0 spiro atoms. The Bertz CT molecular complexity index is 137. The second-order valence-corrected chi connectivity index (χ2v) is 2.51. The van der Waals surface area contributed by atoms with E-state index in [2.05, 4.69) is 17.6 Å². The molecule has 2 amide bonds. The smallest absolute Gasteiger partial charge is 0.315 e. The molecule has 4 heteroatoms. The molecule has 0 bridgehead atoms. The van der Waals surface area contributed by atoms with Crippen molar-refractivity contribution >= 4 is 12.3 Å². The van der Waals surface area contributed by atoms with Crippen LogP contribution in [0.1, 0.15) is 26.2 Å². The van der Waals surface area contributed by atoms with Crippen molar-refractivity contribution in [1.82, 2.24) is 10.6 Å². The molecule has 0 aromatic heterocycles. The highest BCUT2D eigenvalue weighted by atomic mass is 16.2.